The number of rotatable bonds is 7. The van der Waals surface area contributed by atoms with Crippen molar-refractivity contribution in [3.63, 3.8) is 0 Å². The second kappa shape index (κ2) is 9.93. The van der Waals surface area contributed by atoms with Crippen LogP contribution in [0.3, 0.4) is 0 Å². The first-order valence-electron chi connectivity index (χ1n) is 11.1. The van der Waals surface area contributed by atoms with Crippen LogP contribution in [-0.4, -0.2) is 31.7 Å². The van der Waals surface area contributed by atoms with Crippen molar-refractivity contribution in [2.24, 2.45) is 0 Å². The number of nitrogens with one attached hydrogen (secondary N) is 1. The minimum absolute atomic E-state index is 0.0719. The quantitative estimate of drug-likeness (QED) is 0.345. The maximum Gasteiger partial charge on any atom is 0.270 e. The van der Waals surface area contributed by atoms with E-state index in [0.717, 1.165) is 28.7 Å². The van der Waals surface area contributed by atoms with Crippen LogP contribution < -0.4 is 5.32 Å². The minimum Gasteiger partial charge on any atom is -0.461 e. The zero-order valence-electron chi connectivity index (χ0n) is 18.4. The van der Waals surface area contributed by atoms with Gasteiger partial charge >= 0.3 is 0 Å². The van der Waals surface area contributed by atoms with E-state index >= 15 is 0 Å². The van der Waals surface area contributed by atoms with E-state index in [9.17, 15) is 4.79 Å². The zero-order chi connectivity index (χ0) is 22.6. The lowest BCUT2D eigenvalue weighted by Gasteiger charge is -2.22. The van der Waals surface area contributed by atoms with Gasteiger partial charge in [0.05, 0.1) is 12.0 Å². The molecule has 3 aromatic heterocycles. The number of benzene rings is 1. The van der Waals surface area contributed by atoms with Crippen LogP contribution in [0.1, 0.15) is 53.2 Å². The van der Waals surface area contributed by atoms with E-state index in [2.05, 4.69) is 39.6 Å². The lowest BCUT2D eigenvalue weighted by molar-refractivity contribution is 0.0923. The Labute approximate surface area is 200 Å². The highest BCUT2D eigenvalue weighted by Gasteiger charge is 2.20. The largest absolute Gasteiger partial charge is 0.461 e. The highest BCUT2D eigenvalue weighted by Crippen LogP contribution is 2.30. The molecule has 0 saturated heterocycles. The summed E-state index contributed by atoms with van der Waals surface area (Å²) in [6, 6.07) is 12.2. The summed E-state index contributed by atoms with van der Waals surface area (Å²) in [6.45, 7) is 2.06. The van der Waals surface area contributed by atoms with Crippen molar-refractivity contribution < 1.29 is 9.21 Å². The van der Waals surface area contributed by atoms with E-state index in [1.807, 2.05) is 34.2 Å². The summed E-state index contributed by atoms with van der Waals surface area (Å²) in [7, 11) is 0. The third kappa shape index (κ3) is 5.04. The second-order valence-corrected chi connectivity index (χ2v) is 10.1. The number of amides is 1. The summed E-state index contributed by atoms with van der Waals surface area (Å²) in [6.07, 6.45) is 7.39. The molecular formula is C24H25N5O2S2. The third-order valence-electron chi connectivity index (χ3n) is 5.72. The fraction of sp³-hybridized carbons (Fsp3) is 0.333. The van der Waals surface area contributed by atoms with Crippen molar-refractivity contribution in [3.8, 4) is 17.3 Å². The monoisotopic (exact) mass is 479 g/mol. The third-order valence-corrected chi connectivity index (χ3v) is 7.69. The number of furan rings is 1. The van der Waals surface area contributed by atoms with Gasteiger partial charge in [0, 0.05) is 17.1 Å². The molecule has 3 heterocycles. The van der Waals surface area contributed by atoms with Crippen molar-refractivity contribution in [1.29, 1.82) is 0 Å². The van der Waals surface area contributed by atoms with Crippen molar-refractivity contribution in [2.45, 2.75) is 56.0 Å². The number of hydrogen-bond acceptors (Lipinski definition) is 7. The summed E-state index contributed by atoms with van der Waals surface area (Å²) in [5, 5.41) is 15.4. The topological polar surface area (TPSA) is 85.8 Å². The van der Waals surface area contributed by atoms with E-state index < -0.39 is 0 Å². The molecule has 0 bridgehead atoms. The highest BCUT2D eigenvalue weighted by molar-refractivity contribution is 7.98. The number of aromatic nitrogens is 4. The van der Waals surface area contributed by atoms with Gasteiger partial charge in [-0.15, -0.1) is 21.5 Å². The molecule has 170 valence electrons. The number of carbonyl (C=O) groups is 1. The Morgan fingerprint density at radius 3 is 2.76 bits per heavy atom. The van der Waals surface area contributed by atoms with Gasteiger partial charge in [-0.1, -0.05) is 48.7 Å². The molecular weight excluding hydrogens is 454 g/mol. The summed E-state index contributed by atoms with van der Waals surface area (Å²) in [5.74, 6) is 1.84. The molecule has 9 heteroatoms. The standard InChI is InChI=1S/C24H25N5O2S2/c1-16-9-11-18(12-10-16)29-22(20-8-5-13-31-20)27-28-24(29)33-15-21-26-19(14-32-21)23(30)25-17-6-3-2-4-7-17/h5,8-14,17H,2-4,6-7,15H2,1H3,(H,25,30). The molecule has 1 fully saturated rings. The summed E-state index contributed by atoms with van der Waals surface area (Å²) >= 11 is 3.04. The van der Waals surface area contributed by atoms with Gasteiger partial charge in [0.15, 0.2) is 10.9 Å². The molecule has 1 saturated carbocycles. The average Bonchev–Trinajstić information content (AvgIpc) is 3.59. The van der Waals surface area contributed by atoms with Gasteiger partial charge < -0.3 is 9.73 Å². The SMILES string of the molecule is Cc1ccc(-n2c(SCc3nc(C(=O)NC4CCCCC4)cs3)nnc2-c2ccco2)cc1. The molecule has 5 rings (SSSR count). The van der Waals surface area contributed by atoms with Crippen LogP contribution in [0.25, 0.3) is 17.3 Å². The summed E-state index contributed by atoms with van der Waals surface area (Å²) in [4.78, 5) is 17.2. The maximum atomic E-state index is 12.6. The lowest BCUT2D eigenvalue weighted by atomic mass is 9.95. The van der Waals surface area contributed by atoms with Crippen molar-refractivity contribution in [3.05, 3.63) is 64.3 Å². The van der Waals surface area contributed by atoms with Crippen LogP contribution in [0.15, 0.2) is 57.6 Å². The van der Waals surface area contributed by atoms with Gasteiger partial charge in [-0.2, -0.15) is 0 Å². The summed E-state index contributed by atoms with van der Waals surface area (Å²) < 4.78 is 7.58. The molecule has 0 unspecified atom stereocenters. The Balaban J connectivity index is 1.32. The van der Waals surface area contributed by atoms with Gasteiger partial charge in [0.25, 0.3) is 5.91 Å². The Hall–Kier alpha value is -2.91. The smallest absolute Gasteiger partial charge is 0.270 e. The van der Waals surface area contributed by atoms with Crippen LogP contribution in [-0.2, 0) is 5.75 Å². The highest BCUT2D eigenvalue weighted by atomic mass is 32.2. The van der Waals surface area contributed by atoms with E-state index in [1.165, 1.54) is 36.2 Å². The van der Waals surface area contributed by atoms with Crippen molar-refractivity contribution >= 4 is 29.0 Å². The van der Waals surface area contributed by atoms with Crippen LogP contribution in [0.4, 0.5) is 0 Å². The van der Waals surface area contributed by atoms with E-state index in [0.29, 0.717) is 23.0 Å². The van der Waals surface area contributed by atoms with Crippen molar-refractivity contribution in [1.82, 2.24) is 25.1 Å². The molecule has 1 aromatic carbocycles. The van der Waals surface area contributed by atoms with E-state index in [1.54, 1.807) is 18.0 Å². The normalized spacial score (nSPS) is 14.5. The molecule has 0 atom stereocenters. The minimum atomic E-state index is -0.0719. The Morgan fingerprint density at radius 2 is 2.00 bits per heavy atom. The first kappa shape index (κ1) is 21.9. The molecule has 7 nitrogen and oxygen atoms in total. The Bertz CT molecular complexity index is 1210. The molecule has 0 spiro atoms. The zero-order valence-corrected chi connectivity index (χ0v) is 20.0. The number of hydrogen-bond donors (Lipinski definition) is 1. The maximum absolute atomic E-state index is 12.6. The molecule has 1 aliphatic carbocycles. The van der Waals surface area contributed by atoms with Crippen LogP contribution in [0, 0.1) is 6.92 Å². The van der Waals surface area contributed by atoms with Gasteiger partial charge in [-0.05, 0) is 44.0 Å². The second-order valence-electron chi connectivity index (χ2n) is 8.18. The molecule has 0 radical (unpaired) electrons. The number of carbonyl (C=O) groups excluding carboxylic acids is 1. The van der Waals surface area contributed by atoms with Gasteiger partial charge in [0.2, 0.25) is 5.82 Å². The molecule has 0 aliphatic heterocycles. The van der Waals surface area contributed by atoms with Crippen LogP contribution in [0.2, 0.25) is 0 Å². The van der Waals surface area contributed by atoms with E-state index in [4.69, 9.17) is 4.42 Å². The molecule has 33 heavy (non-hydrogen) atoms. The number of thiazole rings is 1. The Morgan fingerprint density at radius 1 is 1.18 bits per heavy atom. The molecule has 1 aliphatic rings. The molecule has 4 aromatic rings. The number of aryl methyl sites for hydroxylation is 1. The fourth-order valence-corrected chi connectivity index (χ4v) is 5.71. The van der Waals surface area contributed by atoms with Gasteiger partial charge in [-0.3, -0.25) is 9.36 Å². The van der Waals surface area contributed by atoms with Crippen molar-refractivity contribution in [2.75, 3.05) is 0 Å². The first-order chi connectivity index (χ1) is 16.2. The number of thioether (sulfide) groups is 1. The van der Waals surface area contributed by atoms with Gasteiger partial charge in [0.1, 0.15) is 10.7 Å². The molecule has 1 N–H and O–H groups in total. The van der Waals surface area contributed by atoms with E-state index in [-0.39, 0.29) is 11.9 Å². The number of nitrogens with zero attached hydrogens (tertiary/aromatic N) is 4. The average molecular weight is 480 g/mol. The first-order valence-corrected chi connectivity index (χ1v) is 13.0. The summed E-state index contributed by atoms with van der Waals surface area (Å²) in [5.41, 5.74) is 2.64. The van der Waals surface area contributed by atoms with Crippen LogP contribution >= 0.6 is 23.1 Å². The Kier molecular flexibility index (Phi) is 6.59. The van der Waals surface area contributed by atoms with Crippen LogP contribution in [0.5, 0.6) is 0 Å². The van der Waals surface area contributed by atoms with Gasteiger partial charge in [-0.25, -0.2) is 4.98 Å². The fourth-order valence-electron chi connectivity index (χ4n) is 3.97. The lowest BCUT2D eigenvalue weighted by Crippen LogP contribution is -2.36. The predicted octanol–water partition coefficient (Wildman–Crippen LogP) is 5.65. The molecule has 1 amide bonds. The predicted molar refractivity (Wildman–Crippen MR) is 130 cm³/mol.